The van der Waals surface area contributed by atoms with Crippen molar-refractivity contribution in [1.29, 1.82) is 0 Å². The van der Waals surface area contributed by atoms with Gasteiger partial charge in [-0.25, -0.2) is 0 Å². The molecular weight excluding hydrogens is 497 g/mol. The van der Waals surface area contributed by atoms with Crippen molar-refractivity contribution in [2.75, 3.05) is 18.1 Å². The largest absolute Gasteiger partial charge is 0.482 e. The molecule has 2 amide bonds. The van der Waals surface area contributed by atoms with Gasteiger partial charge in [-0.15, -0.1) is 0 Å². The van der Waals surface area contributed by atoms with E-state index >= 15 is 0 Å². The van der Waals surface area contributed by atoms with Crippen LogP contribution in [-0.4, -0.2) is 45.3 Å². The van der Waals surface area contributed by atoms with E-state index in [0.29, 0.717) is 5.56 Å². The summed E-state index contributed by atoms with van der Waals surface area (Å²) in [5, 5.41) is 8.95. The quantitative estimate of drug-likeness (QED) is 0.477. The number of ether oxygens (including phenoxy) is 1. The number of hydrogen-bond donors (Lipinski definition) is 1. The summed E-state index contributed by atoms with van der Waals surface area (Å²) in [4.78, 5) is 38.3. The monoisotopic (exact) mass is 512 g/mol. The first-order valence-electron chi connectivity index (χ1n) is 9.65. The second-order valence-corrected chi connectivity index (χ2v) is 9.04. The predicted molar refractivity (Wildman–Crippen MR) is 119 cm³/mol. The molecule has 2 aromatic rings. The summed E-state index contributed by atoms with van der Waals surface area (Å²) in [5.74, 6) is -3.19. The lowest BCUT2D eigenvalue weighted by Crippen LogP contribution is -2.38. The summed E-state index contributed by atoms with van der Waals surface area (Å²) >= 11 is 5.99. The number of carboxylic acids is 1. The Labute approximate surface area is 199 Å². The number of aliphatic carboxylic acids is 1. The number of amides is 2. The van der Waals surface area contributed by atoms with E-state index in [1.54, 1.807) is 6.07 Å². The summed E-state index contributed by atoms with van der Waals surface area (Å²) in [6.07, 6.45) is -3.27. The third-order valence-electron chi connectivity index (χ3n) is 4.91. The molecule has 1 aromatic carbocycles. The smallest absolute Gasteiger partial charge is 0.449 e. The first-order valence-corrected chi connectivity index (χ1v) is 10.9. The molecule has 1 N–H and O–H groups in total. The maximum atomic E-state index is 13.4. The number of aryl methyl sites for hydroxylation is 1. The first-order chi connectivity index (χ1) is 15.9. The molecule has 34 heavy (non-hydrogen) atoms. The molecule has 0 atom stereocenters. The Balaban J connectivity index is 1.67. The SMILES string of the molecule is Cc1cc(CN2C(=O)COc3ccc(C=C4SC(=S)N(CC(=O)O)C4=O)cc32)c(C(F)(F)F)o1. The maximum absolute atomic E-state index is 13.4. The Morgan fingerprint density at radius 1 is 1.26 bits per heavy atom. The fraction of sp³-hybridized carbons (Fsp3) is 0.238. The number of carbonyl (C=O) groups excluding carboxylic acids is 2. The third kappa shape index (κ3) is 4.66. The van der Waals surface area contributed by atoms with Gasteiger partial charge in [0.25, 0.3) is 11.8 Å². The second kappa shape index (κ2) is 8.80. The minimum Gasteiger partial charge on any atom is -0.482 e. The number of anilines is 1. The molecule has 0 radical (unpaired) electrons. The summed E-state index contributed by atoms with van der Waals surface area (Å²) < 4.78 is 50.4. The van der Waals surface area contributed by atoms with Gasteiger partial charge in [0, 0.05) is 5.56 Å². The van der Waals surface area contributed by atoms with Gasteiger partial charge in [-0.3, -0.25) is 19.3 Å². The van der Waals surface area contributed by atoms with Crippen molar-refractivity contribution < 1.29 is 41.8 Å². The molecule has 1 saturated heterocycles. The van der Waals surface area contributed by atoms with E-state index in [-0.39, 0.29) is 38.6 Å². The third-order valence-corrected chi connectivity index (χ3v) is 6.29. The number of nitrogens with zero attached hydrogens (tertiary/aromatic N) is 2. The van der Waals surface area contributed by atoms with Crippen LogP contribution in [0.25, 0.3) is 6.08 Å². The number of carbonyl (C=O) groups is 3. The minimum atomic E-state index is -4.73. The van der Waals surface area contributed by atoms with E-state index in [1.165, 1.54) is 31.2 Å². The van der Waals surface area contributed by atoms with Crippen LogP contribution in [0, 0.1) is 6.92 Å². The van der Waals surface area contributed by atoms with Crippen LogP contribution in [0.1, 0.15) is 22.6 Å². The molecule has 0 spiro atoms. The molecule has 1 fully saturated rings. The van der Waals surface area contributed by atoms with Crippen molar-refractivity contribution in [3.8, 4) is 5.75 Å². The van der Waals surface area contributed by atoms with Gasteiger partial charge in [0.05, 0.1) is 17.1 Å². The van der Waals surface area contributed by atoms with Gasteiger partial charge >= 0.3 is 12.1 Å². The van der Waals surface area contributed by atoms with Gasteiger partial charge < -0.3 is 19.2 Å². The number of rotatable bonds is 5. The van der Waals surface area contributed by atoms with Crippen LogP contribution in [0.4, 0.5) is 18.9 Å². The highest BCUT2D eigenvalue weighted by Crippen LogP contribution is 2.39. The van der Waals surface area contributed by atoms with Crippen molar-refractivity contribution in [2.24, 2.45) is 0 Å². The van der Waals surface area contributed by atoms with Crippen LogP contribution >= 0.6 is 24.0 Å². The predicted octanol–water partition coefficient (Wildman–Crippen LogP) is 3.82. The van der Waals surface area contributed by atoms with E-state index in [0.717, 1.165) is 21.6 Å². The molecule has 13 heteroatoms. The highest BCUT2D eigenvalue weighted by Gasteiger charge is 2.39. The van der Waals surface area contributed by atoms with Crippen molar-refractivity contribution in [3.63, 3.8) is 0 Å². The number of thiocarbonyl (C=S) groups is 1. The van der Waals surface area contributed by atoms with Crippen LogP contribution in [0.5, 0.6) is 5.75 Å². The number of fused-ring (bicyclic) bond motifs is 1. The Bertz CT molecular complexity index is 1250. The van der Waals surface area contributed by atoms with E-state index in [1.807, 2.05) is 0 Å². The highest BCUT2D eigenvalue weighted by atomic mass is 32.2. The zero-order chi connectivity index (χ0) is 24.8. The fourth-order valence-electron chi connectivity index (χ4n) is 3.50. The van der Waals surface area contributed by atoms with E-state index < -0.39 is 42.8 Å². The molecular formula is C21H15F3N2O6S2. The normalized spacial score (nSPS) is 17.4. The van der Waals surface area contributed by atoms with Crippen LogP contribution < -0.4 is 9.64 Å². The van der Waals surface area contributed by atoms with Crippen LogP contribution in [0.2, 0.25) is 0 Å². The molecule has 1 aromatic heterocycles. The number of halogens is 3. The average molecular weight is 512 g/mol. The lowest BCUT2D eigenvalue weighted by Gasteiger charge is -2.29. The maximum Gasteiger partial charge on any atom is 0.449 e. The number of hydrogen-bond acceptors (Lipinski definition) is 7. The number of alkyl halides is 3. The number of benzene rings is 1. The molecule has 178 valence electrons. The summed E-state index contributed by atoms with van der Waals surface area (Å²) in [5.41, 5.74) is 0.460. The molecule has 0 bridgehead atoms. The molecule has 0 saturated carbocycles. The standard InChI is InChI=1S/C21H15F3N2O6S2/c1-10-4-12(18(32-10)21(22,23)24)7-25-13-5-11(2-3-14(13)31-9-16(25)27)6-15-19(30)26(8-17(28)29)20(33)34-15/h2-6H,7-9H2,1H3,(H,28,29). The Kier molecular flexibility index (Phi) is 6.16. The van der Waals surface area contributed by atoms with Gasteiger partial charge in [0.15, 0.2) is 6.61 Å². The molecule has 2 aliphatic rings. The van der Waals surface area contributed by atoms with Crippen LogP contribution in [0.15, 0.2) is 33.6 Å². The number of furan rings is 1. The lowest BCUT2D eigenvalue weighted by molar-refractivity contribution is -0.154. The van der Waals surface area contributed by atoms with E-state index in [9.17, 15) is 27.6 Å². The Morgan fingerprint density at radius 3 is 2.68 bits per heavy atom. The van der Waals surface area contributed by atoms with E-state index in [4.69, 9.17) is 26.5 Å². The summed E-state index contributed by atoms with van der Waals surface area (Å²) in [6, 6.07) is 5.85. The molecule has 8 nitrogen and oxygen atoms in total. The zero-order valence-corrected chi connectivity index (χ0v) is 19.0. The number of thioether (sulfide) groups is 1. The van der Waals surface area contributed by atoms with Gasteiger partial charge in [-0.05, 0) is 36.8 Å². The zero-order valence-electron chi connectivity index (χ0n) is 17.3. The number of carboxylic acid groups (broad SMARTS) is 1. The van der Waals surface area contributed by atoms with Crippen molar-refractivity contribution in [1.82, 2.24) is 4.90 Å². The van der Waals surface area contributed by atoms with Gasteiger partial charge in [0.2, 0.25) is 5.76 Å². The van der Waals surface area contributed by atoms with Gasteiger partial charge in [-0.2, -0.15) is 13.2 Å². The topological polar surface area (TPSA) is 100 Å². The first kappa shape index (κ1) is 23.8. The molecule has 4 rings (SSSR count). The average Bonchev–Trinajstić information content (AvgIpc) is 3.24. The van der Waals surface area contributed by atoms with Crippen molar-refractivity contribution in [2.45, 2.75) is 19.6 Å². The molecule has 2 aliphatic heterocycles. The summed E-state index contributed by atoms with van der Waals surface area (Å²) in [6.45, 7) is 0.0599. The van der Waals surface area contributed by atoms with Crippen molar-refractivity contribution in [3.05, 3.63) is 51.8 Å². The Morgan fingerprint density at radius 2 is 2.00 bits per heavy atom. The van der Waals surface area contributed by atoms with Gasteiger partial charge in [-0.1, -0.05) is 30.0 Å². The molecule has 0 unspecified atom stereocenters. The fourth-order valence-corrected chi connectivity index (χ4v) is 4.75. The minimum absolute atomic E-state index is 0.0559. The van der Waals surface area contributed by atoms with Crippen LogP contribution in [0.3, 0.4) is 0 Å². The van der Waals surface area contributed by atoms with E-state index in [2.05, 4.69) is 0 Å². The second-order valence-electron chi connectivity index (χ2n) is 7.37. The van der Waals surface area contributed by atoms with Gasteiger partial charge in [0.1, 0.15) is 22.4 Å². The summed E-state index contributed by atoms with van der Waals surface area (Å²) in [7, 11) is 0. The molecule has 3 heterocycles. The van der Waals surface area contributed by atoms with Crippen LogP contribution in [-0.2, 0) is 27.1 Å². The van der Waals surface area contributed by atoms with Crippen molar-refractivity contribution >= 4 is 57.8 Å². The lowest BCUT2D eigenvalue weighted by atomic mass is 10.1. The molecule has 0 aliphatic carbocycles. The highest BCUT2D eigenvalue weighted by molar-refractivity contribution is 8.26. The Hall–Kier alpha value is -3.32.